The van der Waals surface area contributed by atoms with Gasteiger partial charge in [-0.25, -0.2) is 4.39 Å². The molecule has 2 saturated carbocycles. The summed E-state index contributed by atoms with van der Waals surface area (Å²) in [5.41, 5.74) is 0.792. The van der Waals surface area contributed by atoms with E-state index in [-0.39, 0.29) is 35.2 Å². The van der Waals surface area contributed by atoms with E-state index in [1.807, 2.05) is 12.1 Å². The number of benzene rings is 1. The van der Waals surface area contributed by atoms with Crippen molar-refractivity contribution in [2.45, 2.75) is 37.6 Å². The monoisotopic (exact) mass is 403 g/mol. The summed E-state index contributed by atoms with van der Waals surface area (Å²) in [5, 5.41) is 6.76. The Kier molecular flexibility index (Phi) is 5.11. The molecule has 0 heterocycles. The van der Waals surface area contributed by atoms with Gasteiger partial charge >= 0.3 is 0 Å². The van der Waals surface area contributed by atoms with Gasteiger partial charge in [0.15, 0.2) is 5.96 Å². The van der Waals surface area contributed by atoms with Gasteiger partial charge in [0.1, 0.15) is 5.82 Å². The van der Waals surface area contributed by atoms with Crippen molar-refractivity contribution in [1.82, 2.24) is 10.6 Å². The lowest BCUT2D eigenvalue weighted by Gasteiger charge is -2.19. The van der Waals surface area contributed by atoms with Crippen LogP contribution in [0, 0.1) is 11.7 Å². The van der Waals surface area contributed by atoms with Crippen LogP contribution in [-0.2, 0) is 5.41 Å². The second-order valence-electron chi connectivity index (χ2n) is 6.15. The van der Waals surface area contributed by atoms with E-state index in [1.54, 1.807) is 19.2 Å². The third kappa shape index (κ3) is 3.67. The van der Waals surface area contributed by atoms with E-state index in [1.165, 1.54) is 6.42 Å². The Bertz CT molecular complexity index is 528. The molecule has 0 saturated heterocycles. The lowest BCUT2D eigenvalue weighted by Crippen LogP contribution is -2.42. The van der Waals surface area contributed by atoms with Crippen LogP contribution in [0.5, 0.6) is 0 Å². The lowest BCUT2D eigenvalue weighted by molar-refractivity contribution is 0.559. The molecule has 1 aromatic carbocycles. The molecule has 21 heavy (non-hydrogen) atoms. The predicted molar refractivity (Wildman–Crippen MR) is 94.8 cm³/mol. The summed E-state index contributed by atoms with van der Waals surface area (Å²) in [6.45, 7) is 2.97. The molecule has 0 amide bonds. The Morgan fingerprint density at radius 3 is 2.57 bits per heavy atom. The van der Waals surface area contributed by atoms with Crippen molar-refractivity contribution >= 4 is 29.9 Å². The fourth-order valence-electron chi connectivity index (χ4n) is 2.73. The van der Waals surface area contributed by atoms with Crippen LogP contribution in [-0.4, -0.2) is 25.6 Å². The molecule has 5 heteroatoms. The predicted octanol–water partition coefficient (Wildman–Crippen LogP) is 3.05. The van der Waals surface area contributed by atoms with Crippen molar-refractivity contribution in [1.29, 1.82) is 0 Å². The highest BCUT2D eigenvalue weighted by Crippen LogP contribution is 2.48. The first-order valence-electron chi connectivity index (χ1n) is 7.37. The van der Waals surface area contributed by atoms with Crippen molar-refractivity contribution in [3.63, 3.8) is 0 Å². The van der Waals surface area contributed by atoms with Gasteiger partial charge in [-0.1, -0.05) is 25.1 Å². The highest BCUT2D eigenvalue weighted by molar-refractivity contribution is 14.0. The summed E-state index contributed by atoms with van der Waals surface area (Å²) in [7, 11) is 1.78. The van der Waals surface area contributed by atoms with Crippen molar-refractivity contribution in [2.75, 3.05) is 13.6 Å². The summed E-state index contributed by atoms with van der Waals surface area (Å²) < 4.78 is 13.9. The van der Waals surface area contributed by atoms with E-state index in [2.05, 4.69) is 22.5 Å². The van der Waals surface area contributed by atoms with Gasteiger partial charge in [0.2, 0.25) is 0 Å². The largest absolute Gasteiger partial charge is 0.356 e. The van der Waals surface area contributed by atoms with Gasteiger partial charge in [-0.05, 0) is 36.8 Å². The van der Waals surface area contributed by atoms with Crippen molar-refractivity contribution in [3.05, 3.63) is 35.6 Å². The molecule has 0 bridgehead atoms. The lowest BCUT2D eigenvalue weighted by atomic mass is 9.95. The fraction of sp³-hybridized carbons (Fsp3) is 0.562. The van der Waals surface area contributed by atoms with Gasteiger partial charge in [-0.2, -0.15) is 0 Å². The maximum absolute atomic E-state index is 13.9. The first-order chi connectivity index (χ1) is 9.64. The summed E-state index contributed by atoms with van der Waals surface area (Å²) in [5.74, 6) is 1.47. The van der Waals surface area contributed by atoms with E-state index >= 15 is 0 Å². The minimum absolute atomic E-state index is 0. The standard InChI is InChI=1S/C16H22FN3.HI/c1-11-9-14(11)20-15(18-2)19-10-16(7-8-16)12-5-3-4-6-13(12)17;/h3-6,11,14H,7-10H2,1-2H3,(H2,18,19,20);1H. The molecular weight excluding hydrogens is 380 g/mol. The van der Waals surface area contributed by atoms with Gasteiger partial charge in [0, 0.05) is 25.0 Å². The summed E-state index contributed by atoms with van der Waals surface area (Å²) in [4.78, 5) is 4.25. The van der Waals surface area contributed by atoms with Crippen LogP contribution < -0.4 is 10.6 Å². The molecule has 3 nitrogen and oxygen atoms in total. The molecular formula is C16H23FIN3. The zero-order chi connectivity index (χ0) is 14.2. The van der Waals surface area contributed by atoms with Crippen LogP contribution in [0.25, 0.3) is 0 Å². The van der Waals surface area contributed by atoms with Crippen LogP contribution >= 0.6 is 24.0 Å². The van der Waals surface area contributed by atoms with Gasteiger partial charge in [-0.3, -0.25) is 4.99 Å². The quantitative estimate of drug-likeness (QED) is 0.461. The molecule has 2 aliphatic carbocycles. The minimum atomic E-state index is -0.0921. The van der Waals surface area contributed by atoms with E-state index in [0.29, 0.717) is 6.04 Å². The Hall–Kier alpha value is -0.850. The summed E-state index contributed by atoms with van der Waals surface area (Å²) in [6, 6.07) is 7.66. The third-order valence-electron chi connectivity index (χ3n) is 4.55. The SMILES string of the molecule is CN=C(NCC1(c2ccccc2F)CC1)NC1CC1C.I. The van der Waals surface area contributed by atoms with E-state index in [0.717, 1.165) is 36.8 Å². The number of guanidine groups is 1. The van der Waals surface area contributed by atoms with Crippen LogP contribution in [0.3, 0.4) is 0 Å². The molecule has 2 unspecified atom stereocenters. The topological polar surface area (TPSA) is 36.4 Å². The summed E-state index contributed by atoms with van der Waals surface area (Å²) >= 11 is 0. The zero-order valence-electron chi connectivity index (χ0n) is 12.5. The number of hydrogen-bond acceptors (Lipinski definition) is 1. The first kappa shape index (κ1) is 16.5. The van der Waals surface area contributed by atoms with Gasteiger partial charge in [-0.15, -0.1) is 24.0 Å². The smallest absolute Gasteiger partial charge is 0.191 e. The van der Waals surface area contributed by atoms with Crippen molar-refractivity contribution < 1.29 is 4.39 Å². The second-order valence-corrected chi connectivity index (χ2v) is 6.15. The Morgan fingerprint density at radius 1 is 1.38 bits per heavy atom. The minimum Gasteiger partial charge on any atom is -0.356 e. The molecule has 0 aromatic heterocycles. The highest BCUT2D eigenvalue weighted by Gasteiger charge is 2.46. The average Bonchev–Trinajstić information content (AvgIpc) is 3.35. The van der Waals surface area contributed by atoms with Gasteiger partial charge in [0.05, 0.1) is 0 Å². The average molecular weight is 403 g/mol. The molecule has 2 fully saturated rings. The molecule has 2 N–H and O–H groups in total. The van der Waals surface area contributed by atoms with Crippen LogP contribution in [0.2, 0.25) is 0 Å². The highest BCUT2D eigenvalue weighted by atomic mass is 127. The molecule has 0 spiro atoms. The molecule has 2 atom stereocenters. The number of hydrogen-bond donors (Lipinski definition) is 2. The maximum Gasteiger partial charge on any atom is 0.191 e. The Morgan fingerprint density at radius 2 is 2.05 bits per heavy atom. The number of aliphatic imine (C=N–C) groups is 1. The normalized spacial score (nSPS) is 25.8. The van der Waals surface area contributed by atoms with Crippen LogP contribution in [0.4, 0.5) is 4.39 Å². The molecule has 0 radical (unpaired) electrons. The van der Waals surface area contributed by atoms with E-state index in [4.69, 9.17) is 0 Å². The van der Waals surface area contributed by atoms with E-state index in [9.17, 15) is 4.39 Å². The fourth-order valence-corrected chi connectivity index (χ4v) is 2.73. The number of rotatable bonds is 4. The van der Waals surface area contributed by atoms with Crippen LogP contribution in [0.15, 0.2) is 29.3 Å². The molecule has 116 valence electrons. The third-order valence-corrected chi connectivity index (χ3v) is 4.55. The van der Waals surface area contributed by atoms with Crippen molar-refractivity contribution in [3.8, 4) is 0 Å². The second kappa shape index (κ2) is 6.50. The molecule has 3 rings (SSSR count). The van der Waals surface area contributed by atoms with Gasteiger partial charge in [0.25, 0.3) is 0 Å². The first-order valence-corrected chi connectivity index (χ1v) is 7.37. The zero-order valence-corrected chi connectivity index (χ0v) is 14.9. The molecule has 2 aliphatic rings. The number of nitrogens with zero attached hydrogens (tertiary/aromatic N) is 1. The number of nitrogens with one attached hydrogen (secondary N) is 2. The maximum atomic E-state index is 13.9. The van der Waals surface area contributed by atoms with Crippen LogP contribution in [0.1, 0.15) is 31.7 Å². The Balaban J connectivity index is 0.00000161. The molecule has 0 aliphatic heterocycles. The summed E-state index contributed by atoms with van der Waals surface area (Å²) in [6.07, 6.45) is 3.29. The Labute approximate surface area is 142 Å². The molecule has 1 aromatic rings. The van der Waals surface area contributed by atoms with Gasteiger partial charge < -0.3 is 10.6 Å². The number of halogens is 2. The van der Waals surface area contributed by atoms with E-state index < -0.39 is 0 Å². The van der Waals surface area contributed by atoms with Crippen molar-refractivity contribution in [2.24, 2.45) is 10.9 Å².